The molecular weight excluding hydrogens is 264 g/mol. The van der Waals surface area contributed by atoms with E-state index in [2.05, 4.69) is 56.9 Å². The Hall–Kier alpha value is -1.81. The number of urea groups is 1. The van der Waals surface area contributed by atoms with Crippen molar-refractivity contribution in [3.05, 3.63) is 48.0 Å². The molecule has 0 radical (unpaired) electrons. The Morgan fingerprint density at radius 1 is 1.38 bits per heavy atom. The number of aliphatic hydroxyl groups excluding tert-OH is 1. The van der Waals surface area contributed by atoms with Crippen molar-refractivity contribution >= 4 is 6.03 Å². The molecule has 2 N–H and O–H groups in total. The van der Waals surface area contributed by atoms with Gasteiger partial charge in [0.05, 0.1) is 6.61 Å². The first kappa shape index (κ1) is 17.2. The summed E-state index contributed by atoms with van der Waals surface area (Å²) in [6.07, 6.45) is 1.65. The molecule has 0 bridgehead atoms. The lowest BCUT2D eigenvalue weighted by Gasteiger charge is -2.28. The summed E-state index contributed by atoms with van der Waals surface area (Å²) in [5.41, 5.74) is 2.26. The van der Waals surface area contributed by atoms with E-state index >= 15 is 0 Å². The molecule has 0 aliphatic carbocycles. The topological polar surface area (TPSA) is 52.6 Å². The van der Waals surface area contributed by atoms with Gasteiger partial charge >= 0.3 is 6.03 Å². The van der Waals surface area contributed by atoms with Gasteiger partial charge in [-0.3, -0.25) is 0 Å². The molecule has 21 heavy (non-hydrogen) atoms. The van der Waals surface area contributed by atoms with Crippen LogP contribution in [0.25, 0.3) is 0 Å². The number of hydrogen-bond acceptors (Lipinski definition) is 2. The molecular formula is C17H26N2O2. The average Bonchev–Trinajstić information content (AvgIpc) is 2.45. The third-order valence-electron chi connectivity index (χ3n) is 3.52. The van der Waals surface area contributed by atoms with Gasteiger partial charge in [-0.2, -0.15) is 0 Å². The molecule has 1 rings (SSSR count). The fourth-order valence-electron chi connectivity index (χ4n) is 2.07. The molecule has 0 saturated carbocycles. The molecule has 1 aromatic carbocycles. The van der Waals surface area contributed by atoms with Crippen molar-refractivity contribution in [3.63, 3.8) is 0 Å². The van der Waals surface area contributed by atoms with E-state index in [1.807, 2.05) is 0 Å². The monoisotopic (exact) mass is 290 g/mol. The van der Waals surface area contributed by atoms with Crippen LogP contribution in [-0.4, -0.2) is 42.3 Å². The van der Waals surface area contributed by atoms with Crippen LogP contribution < -0.4 is 5.32 Å². The van der Waals surface area contributed by atoms with Crippen LogP contribution in [0.5, 0.6) is 0 Å². The number of hydrogen-bond donors (Lipinski definition) is 2. The largest absolute Gasteiger partial charge is 0.395 e. The zero-order valence-corrected chi connectivity index (χ0v) is 13.2. The minimum atomic E-state index is -0.177. The number of nitrogens with zero attached hydrogens (tertiary/aromatic N) is 1. The van der Waals surface area contributed by atoms with E-state index in [1.165, 1.54) is 16.0 Å². The molecule has 116 valence electrons. The number of amides is 2. The fraction of sp³-hybridized carbons (Fsp3) is 0.471. The van der Waals surface area contributed by atoms with Crippen molar-refractivity contribution < 1.29 is 9.90 Å². The molecule has 4 heteroatoms. The minimum absolute atomic E-state index is 0.0530. The van der Waals surface area contributed by atoms with Crippen molar-refractivity contribution in [2.75, 3.05) is 26.2 Å². The van der Waals surface area contributed by atoms with Crippen LogP contribution >= 0.6 is 0 Å². The maximum absolute atomic E-state index is 12.1. The fourth-order valence-corrected chi connectivity index (χ4v) is 2.07. The molecule has 0 heterocycles. The third kappa shape index (κ3) is 5.23. The van der Waals surface area contributed by atoms with Gasteiger partial charge in [0.15, 0.2) is 0 Å². The lowest BCUT2D eigenvalue weighted by atomic mass is 9.84. The van der Waals surface area contributed by atoms with Crippen LogP contribution in [0.2, 0.25) is 0 Å². The van der Waals surface area contributed by atoms with E-state index in [1.54, 1.807) is 6.08 Å². The van der Waals surface area contributed by atoms with E-state index in [0.717, 1.165) is 0 Å². The Morgan fingerprint density at radius 2 is 2.00 bits per heavy atom. The van der Waals surface area contributed by atoms with E-state index in [9.17, 15) is 4.79 Å². The summed E-state index contributed by atoms with van der Waals surface area (Å²) in [7, 11) is 0. The first-order chi connectivity index (χ1) is 9.90. The van der Waals surface area contributed by atoms with Crippen LogP contribution in [0.1, 0.15) is 25.0 Å². The standard InChI is InChI=1S/C17H26N2O2/c1-5-10-19(11-12-20)16(21)18-13-17(3,4)15-8-6-14(2)7-9-15/h5-9,20H,1,10-13H2,2-4H3,(H,18,21). The highest BCUT2D eigenvalue weighted by molar-refractivity contribution is 5.74. The maximum Gasteiger partial charge on any atom is 0.317 e. The highest BCUT2D eigenvalue weighted by Crippen LogP contribution is 2.22. The highest BCUT2D eigenvalue weighted by atomic mass is 16.3. The molecule has 0 atom stereocenters. The van der Waals surface area contributed by atoms with E-state index in [4.69, 9.17) is 5.11 Å². The summed E-state index contributed by atoms with van der Waals surface area (Å²) in [6.45, 7) is 11.1. The van der Waals surface area contributed by atoms with Gasteiger partial charge in [0.25, 0.3) is 0 Å². The maximum atomic E-state index is 12.1. The molecule has 1 aromatic rings. The van der Waals surface area contributed by atoms with Gasteiger partial charge in [-0.1, -0.05) is 49.8 Å². The average molecular weight is 290 g/mol. The third-order valence-corrected chi connectivity index (χ3v) is 3.52. The van der Waals surface area contributed by atoms with Gasteiger partial charge < -0.3 is 15.3 Å². The molecule has 0 aromatic heterocycles. The van der Waals surface area contributed by atoms with Crippen molar-refractivity contribution in [2.45, 2.75) is 26.2 Å². The SMILES string of the molecule is C=CCN(CCO)C(=O)NCC(C)(C)c1ccc(C)cc1. The molecule has 0 saturated heterocycles. The van der Waals surface area contributed by atoms with E-state index in [0.29, 0.717) is 19.6 Å². The van der Waals surface area contributed by atoms with Gasteiger partial charge in [-0.05, 0) is 12.5 Å². The number of rotatable bonds is 7. The van der Waals surface area contributed by atoms with Crippen LogP contribution in [0.4, 0.5) is 4.79 Å². The highest BCUT2D eigenvalue weighted by Gasteiger charge is 2.22. The number of aliphatic hydroxyl groups is 1. The Labute approximate surface area is 127 Å². The van der Waals surface area contributed by atoms with Crippen molar-refractivity contribution in [3.8, 4) is 0 Å². The molecule has 0 aliphatic rings. The Kier molecular flexibility index (Phi) is 6.43. The second-order valence-electron chi connectivity index (χ2n) is 5.87. The minimum Gasteiger partial charge on any atom is -0.395 e. The van der Waals surface area contributed by atoms with Crippen LogP contribution in [0.3, 0.4) is 0 Å². The number of nitrogens with one attached hydrogen (secondary N) is 1. The zero-order chi connectivity index (χ0) is 15.9. The molecule has 4 nitrogen and oxygen atoms in total. The first-order valence-electron chi connectivity index (χ1n) is 7.22. The molecule has 2 amide bonds. The predicted octanol–water partition coefficient (Wildman–Crippen LogP) is 2.46. The van der Waals surface area contributed by atoms with Gasteiger partial charge in [-0.25, -0.2) is 4.79 Å². The normalized spacial score (nSPS) is 11.0. The summed E-state index contributed by atoms with van der Waals surface area (Å²) in [5.74, 6) is 0. The summed E-state index contributed by atoms with van der Waals surface area (Å²) >= 11 is 0. The number of aryl methyl sites for hydroxylation is 1. The van der Waals surface area contributed by atoms with Gasteiger partial charge in [0.1, 0.15) is 0 Å². The first-order valence-corrected chi connectivity index (χ1v) is 7.22. The smallest absolute Gasteiger partial charge is 0.317 e. The van der Waals surface area contributed by atoms with Crippen LogP contribution in [-0.2, 0) is 5.41 Å². The van der Waals surface area contributed by atoms with E-state index < -0.39 is 0 Å². The van der Waals surface area contributed by atoms with Gasteiger partial charge in [0.2, 0.25) is 0 Å². The van der Waals surface area contributed by atoms with Crippen molar-refractivity contribution in [1.29, 1.82) is 0 Å². The summed E-state index contributed by atoms with van der Waals surface area (Å²) in [5, 5.41) is 11.9. The number of benzene rings is 1. The van der Waals surface area contributed by atoms with Crippen molar-refractivity contribution in [1.82, 2.24) is 10.2 Å². The lowest BCUT2D eigenvalue weighted by molar-refractivity contribution is 0.182. The summed E-state index contributed by atoms with van der Waals surface area (Å²) < 4.78 is 0. The van der Waals surface area contributed by atoms with Crippen LogP contribution in [0.15, 0.2) is 36.9 Å². The Balaban J connectivity index is 2.65. The molecule has 0 spiro atoms. The second-order valence-corrected chi connectivity index (χ2v) is 5.87. The van der Waals surface area contributed by atoms with Gasteiger partial charge in [-0.15, -0.1) is 6.58 Å². The van der Waals surface area contributed by atoms with Crippen LogP contribution in [0, 0.1) is 6.92 Å². The molecule has 0 unspecified atom stereocenters. The zero-order valence-electron chi connectivity index (χ0n) is 13.2. The summed E-state index contributed by atoms with van der Waals surface area (Å²) in [4.78, 5) is 13.7. The van der Waals surface area contributed by atoms with Gasteiger partial charge in [0, 0.05) is 25.0 Å². The second kappa shape index (κ2) is 7.84. The number of carbonyl (C=O) groups excluding carboxylic acids is 1. The Morgan fingerprint density at radius 3 is 2.52 bits per heavy atom. The summed E-state index contributed by atoms with van der Waals surface area (Å²) in [6, 6.07) is 8.17. The lowest BCUT2D eigenvalue weighted by Crippen LogP contribution is -2.45. The quantitative estimate of drug-likeness (QED) is 0.758. The predicted molar refractivity (Wildman–Crippen MR) is 86.5 cm³/mol. The molecule has 0 fully saturated rings. The Bertz CT molecular complexity index is 466. The number of carbonyl (C=O) groups is 1. The van der Waals surface area contributed by atoms with Crippen molar-refractivity contribution in [2.24, 2.45) is 0 Å². The molecule has 0 aliphatic heterocycles. The van der Waals surface area contributed by atoms with E-state index in [-0.39, 0.29) is 18.1 Å².